The highest BCUT2D eigenvalue weighted by molar-refractivity contribution is 9.10. The lowest BCUT2D eigenvalue weighted by Gasteiger charge is -2.24. The van der Waals surface area contributed by atoms with E-state index in [-0.39, 0.29) is 34.9 Å². The van der Waals surface area contributed by atoms with E-state index in [9.17, 15) is 18.0 Å². The zero-order valence-electron chi connectivity index (χ0n) is 14.7. The molecule has 2 aliphatic heterocycles. The molecule has 1 unspecified atom stereocenters. The maximum atomic E-state index is 13.2. The molecule has 2 heterocycles. The number of hydrogen-bond donors (Lipinski definition) is 0. The second-order valence-corrected chi connectivity index (χ2v) is 10.5. The highest BCUT2D eigenvalue weighted by Crippen LogP contribution is 2.41. The van der Waals surface area contributed by atoms with Gasteiger partial charge in [-0.15, -0.1) is 11.8 Å². The summed E-state index contributed by atoms with van der Waals surface area (Å²) < 4.78 is 28.8. The summed E-state index contributed by atoms with van der Waals surface area (Å²) in [6.45, 7) is 0.429. The molecule has 2 aliphatic rings. The summed E-state index contributed by atoms with van der Waals surface area (Å²) in [6.07, 6.45) is 0.386. The van der Waals surface area contributed by atoms with Crippen molar-refractivity contribution in [2.75, 3.05) is 17.2 Å². The molecule has 146 valence electrons. The average molecular weight is 481 g/mol. The molecular formula is C19H17BrN2O4S2. The smallest absolute Gasteiger partial charge is 0.244 e. The first kappa shape index (κ1) is 19.6. The van der Waals surface area contributed by atoms with Crippen LogP contribution in [-0.4, -0.2) is 36.8 Å². The summed E-state index contributed by atoms with van der Waals surface area (Å²) in [5.41, 5.74) is 1.34. The van der Waals surface area contributed by atoms with Crippen LogP contribution in [0.4, 0.5) is 5.69 Å². The number of anilines is 1. The highest BCUT2D eigenvalue weighted by atomic mass is 79.9. The molecule has 0 spiro atoms. The Morgan fingerprint density at radius 2 is 1.54 bits per heavy atom. The molecule has 2 fully saturated rings. The number of carbonyl (C=O) groups is 2. The van der Waals surface area contributed by atoms with Gasteiger partial charge in [0, 0.05) is 29.6 Å². The SMILES string of the molecule is O=C1CCC(=O)N1c1ccc(S(=O)(=O)N2CCSC2c2ccc(Br)cc2)cc1. The summed E-state index contributed by atoms with van der Waals surface area (Å²) in [6, 6.07) is 13.6. The first-order valence-electron chi connectivity index (χ1n) is 8.73. The minimum atomic E-state index is -3.70. The van der Waals surface area contributed by atoms with E-state index in [0.29, 0.717) is 12.2 Å². The number of benzene rings is 2. The van der Waals surface area contributed by atoms with Crippen LogP contribution in [0.1, 0.15) is 23.8 Å². The van der Waals surface area contributed by atoms with Gasteiger partial charge in [-0.3, -0.25) is 14.5 Å². The van der Waals surface area contributed by atoms with Gasteiger partial charge in [-0.25, -0.2) is 8.42 Å². The van der Waals surface area contributed by atoms with E-state index < -0.39 is 10.0 Å². The van der Waals surface area contributed by atoms with Gasteiger partial charge in [0.25, 0.3) is 0 Å². The van der Waals surface area contributed by atoms with Crippen molar-refractivity contribution < 1.29 is 18.0 Å². The molecule has 1 atom stereocenters. The van der Waals surface area contributed by atoms with Crippen LogP contribution in [0, 0.1) is 0 Å². The molecule has 28 heavy (non-hydrogen) atoms. The fourth-order valence-electron chi connectivity index (χ4n) is 3.36. The molecule has 2 aromatic carbocycles. The van der Waals surface area contributed by atoms with Gasteiger partial charge < -0.3 is 0 Å². The van der Waals surface area contributed by atoms with Gasteiger partial charge in [0.15, 0.2) is 0 Å². The molecule has 2 amide bonds. The monoisotopic (exact) mass is 480 g/mol. The van der Waals surface area contributed by atoms with E-state index in [2.05, 4.69) is 15.9 Å². The molecule has 0 aliphatic carbocycles. The van der Waals surface area contributed by atoms with Crippen molar-refractivity contribution in [3.63, 3.8) is 0 Å². The van der Waals surface area contributed by atoms with E-state index >= 15 is 0 Å². The number of nitrogens with zero attached hydrogens (tertiary/aromatic N) is 2. The molecule has 0 N–H and O–H groups in total. The first-order valence-corrected chi connectivity index (χ1v) is 12.0. The Morgan fingerprint density at radius 1 is 0.929 bits per heavy atom. The molecule has 2 aromatic rings. The quantitative estimate of drug-likeness (QED) is 0.625. The van der Waals surface area contributed by atoms with Crippen LogP contribution in [0.2, 0.25) is 0 Å². The van der Waals surface area contributed by atoms with Gasteiger partial charge in [-0.05, 0) is 42.0 Å². The molecule has 9 heteroatoms. The average Bonchev–Trinajstić information content (AvgIpc) is 3.30. The third kappa shape index (κ3) is 3.52. The van der Waals surface area contributed by atoms with Crippen LogP contribution in [0.25, 0.3) is 0 Å². The minimum Gasteiger partial charge on any atom is -0.274 e. The van der Waals surface area contributed by atoms with Gasteiger partial charge in [0.1, 0.15) is 0 Å². The van der Waals surface area contributed by atoms with Crippen molar-refractivity contribution in [1.29, 1.82) is 0 Å². The van der Waals surface area contributed by atoms with Crippen LogP contribution < -0.4 is 4.90 Å². The van der Waals surface area contributed by atoms with Crippen molar-refractivity contribution in [3.05, 3.63) is 58.6 Å². The topological polar surface area (TPSA) is 74.8 Å². The largest absolute Gasteiger partial charge is 0.274 e. The second kappa shape index (κ2) is 7.62. The summed E-state index contributed by atoms with van der Waals surface area (Å²) in [4.78, 5) is 25.0. The molecule has 0 aromatic heterocycles. The molecule has 4 rings (SSSR count). The molecule has 6 nitrogen and oxygen atoms in total. The zero-order valence-corrected chi connectivity index (χ0v) is 18.0. The highest BCUT2D eigenvalue weighted by Gasteiger charge is 2.37. The number of carbonyl (C=O) groups excluding carboxylic acids is 2. The van der Waals surface area contributed by atoms with Gasteiger partial charge in [0.2, 0.25) is 21.8 Å². The minimum absolute atomic E-state index is 0.153. The molecule has 0 radical (unpaired) electrons. The normalized spacial score (nSPS) is 20.9. The number of thioether (sulfide) groups is 1. The summed E-state index contributed by atoms with van der Waals surface area (Å²) in [7, 11) is -3.70. The zero-order chi connectivity index (χ0) is 19.9. The van der Waals surface area contributed by atoms with Gasteiger partial charge in [0.05, 0.1) is 16.0 Å². The Hall–Kier alpha value is -1.68. The summed E-state index contributed by atoms with van der Waals surface area (Å²) >= 11 is 4.99. The Balaban J connectivity index is 1.61. The third-order valence-electron chi connectivity index (χ3n) is 4.76. The predicted octanol–water partition coefficient (Wildman–Crippen LogP) is 3.54. The lowest BCUT2D eigenvalue weighted by molar-refractivity contribution is -0.121. The van der Waals surface area contributed by atoms with E-state index in [0.717, 1.165) is 20.7 Å². The van der Waals surface area contributed by atoms with E-state index in [1.165, 1.54) is 28.6 Å². The first-order chi connectivity index (χ1) is 13.4. The second-order valence-electron chi connectivity index (χ2n) is 6.51. The summed E-state index contributed by atoms with van der Waals surface area (Å²) in [5, 5.41) is -0.278. The standard InChI is InChI=1S/C19H17BrN2O4S2/c20-14-3-1-13(2-4-14)19-21(11-12-27-19)28(25,26)16-7-5-15(6-8-16)22-17(23)9-10-18(22)24/h1-8,19H,9-12H2. The maximum absolute atomic E-state index is 13.2. The fourth-order valence-corrected chi connectivity index (χ4v) is 6.86. The number of hydrogen-bond acceptors (Lipinski definition) is 5. The van der Waals surface area contributed by atoms with Gasteiger partial charge in [-0.2, -0.15) is 4.31 Å². The molecular weight excluding hydrogens is 464 g/mol. The lowest BCUT2D eigenvalue weighted by atomic mass is 10.2. The number of rotatable bonds is 4. The van der Waals surface area contributed by atoms with Crippen molar-refractivity contribution in [3.8, 4) is 0 Å². The van der Waals surface area contributed by atoms with Crippen molar-refractivity contribution in [2.45, 2.75) is 23.1 Å². The van der Waals surface area contributed by atoms with Crippen LogP contribution in [0.3, 0.4) is 0 Å². The van der Waals surface area contributed by atoms with Crippen LogP contribution in [-0.2, 0) is 19.6 Å². The Labute approximate surface area is 176 Å². The van der Waals surface area contributed by atoms with E-state index in [4.69, 9.17) is 0 Å². The number of imide groups is 1. The maximum Gasteiger partial charge on any atom is 0.244 e. The van der Waals surface area contributed by atoms with Gasteiger partial charge >= 0.3 is 0 Å². The van der Waals surface area contributed by atoms with Crippen LogP contribution in [0.15, 0.2) is 57.9 Å². The third-order valence-corrected chi connectivity index (χ3v) is 8.56. The van der Waals surface area contributed by atoms with Crippen molar-refractivity contribution in [2.24, 2.45) is 0 Å². The molecule has 2 saturated heterocycles. The van der Waals surface area contributed by atoms with E-state index in [1.807, 2.05) is 24.3 Å². The van der Waals surface area contributed by atoms with Crippen molar-refractivity contribution in [1.82, 2.24) is 4.31 Å². The lowest BCUT2D eigenvalue weighted by Crippen LogP contribution is -2.31. The van der Waals surface area contributed by atoms with E-state index in [1.54, 1.807) is 11.8 Å². The predicted molar refractivity (Wildman–Crippen MR) is 111 cm³/mol. The van der Waals surface area contributed by atoms with Gasteiger partial charge in [-0.1, -0.05) is 28.1 Å². The number of halogens is 1. The Bertz CT molecular complexity index is 1010. The Morgan fingerprint density at radius 3 is 2.14 bits per heavy atom. The van der Waals surface area contributed by atoms with Crippen LogP contribution >= 0.6 is 27.7 Å². The fraction of sp³-hybridized carbons (Fsp3) is 0.263. The number of sulfonamides is 1. The molecule has 0 saturated carbocycles. The van der Waals surface area contributed by atoms with Crippen molar-refractivity contribution >= 4 is 55.2 Å². The number of amides is 2. The Kier molecular flexibility index (Phi) is 5.34. The molecule has 0 bridgehead atoms. The summed E-state index contributed by atoms with van der Waals surface area (Å²) in [5.74, 6) is 0.202. The van der Waals surface area contributed by atoms with Crippen LogP contribution in [0.5, 0.6) is 0 Å².